The molecule has 1 aliphatic heterocycles. The van der Waals surface area contributed by atoms with Crippen molar-refractivity contribution in [2.75, 3.05) is 19.6 Å². The van der Waals surface area contributed by atoms with Crippen LogP contribution in [-0.2, 0) is 0 Å². The highest BCUT2D eigenvalue weighted by atomic mass is 15.2. The fourth-order valence-corrected chi connectivity index (χ4v) is 3.64. The number of nitrogens with zero attached hydrogens (tertiary/aromatic N) is 1. The standard InChI is InChI=1S/C17H34N2/c1-5-10-17(4,12-18-16-8-9-16)13-19-11-6-7-14(2)15(19)3/h14-16,18H,5-13H2,1-4H3. The monoisotopic (exact) mass is 266 g/mol. The molecule has 2 fully saturated rings. The van der Waals surface area contributed by atoms with Crippen molar-refractivity contribution in [3.63, 3.8) is 0 Å². The third kappa shape index (κ3) is 4.46. The lowest BCUT2D eigenvalue weighted by molar-refractivity contribution is 0.0612. The van der Waals surface area contributed by atoms with Crippen LogP contribution in [-0.4, -0.2) is 36.6 Å². The zero-order valence-electron chi connectivity index (χ0n) is 13.5. The van der Waals surface area contributed by atoms with Crippen LogP contribution in [0.25, 0.3) is 0 Å². The van der Waals surface area contributed by atoms with Crippen LogP contribution in [0.15, 0.2) is 0 Å². The van der Waals surface area contributed by atoms with Crippen molar-refractivity contribution in [3.8, 4) is 0 Å². The molecule has 0 radical (unpaired) electrons. The second kappa shape index (κ2) is 6.58. The topological polar surface area (TPSA) is 15.3 Å². The van der Waals surface area contributed by atoms with Crippen molar-refractivity contribution >= 4 is 0 Å². The van der Waals surface area contributed by atoms with Gasteiger partial charge >= 0.3 is 0 Å². The number of rotatable bonds is 7. The van der Waals surface area contributed by atoms with Gasteiger partial charge in [-0.2, -0.15) is 0 Å². The molecule has 0 aromatic rings. The Morgan fingerprint density at radius 3 is 2.58 bits per heavy atom. The first-order valence-corrected chi connectivity index (χ1v) is 8.51. The summed E-state index contributed by atoms with van der Waals surface area (Å²) in [5.41, 5.74) is 0.461. The van der Waals surface area contributed by atoms with Crippen molar-refractivity contribution in [2.45, 2.75) is 78.3 Å². The largest absolute Gasteiger partial charge is 0.313 e. The highest BCUT2D eigenvalue weighted by Crippen LogP contribution is 2.31. The summed E-state index contributed by atoms with van der Waals surface area (Å²) in [5, 5.41) is 3.77. The van der Waals surface area contributed by atoms with Gasteiger partial charge in [0.05, 0.1) is 0 Å². The Morgan fingerprint density at radius 2 is 1.95 bits per heavy atom. The Balaban J connectivity index is 1.89. The molecule has 3 atom stereocenters. The van der Waals surface area contributed by atoms with Crippen LogP contribution in [0.3, 0.4) is 0 Å². The summed E-state index contributed by atoms with van der Waals surface area (Å²) in [7, 11) is 0. The van der Waals surface area contributed by atoms with Crippen molar-refractivity contribution in [1.29, 1.82) is 0 Å². The van der Waals surface area contributed by atoms with Gasteiger partial charge in [-0.1, -0.05) is 27.2 Å². The number of hydrogen-bond donors (Lipinski definition) is 1. The molecule has 0 bridgehead atoms. The molecular formula is C17H34N2. The lowest BCUT2D eigenvalue weighted by Gasteiger charge is -2.43. The van der Waals surface area contributed by atoms with Crippen LogP contribution in [0.4, 0.5) is 0 Å². The van der Waals surface area contributed by atoms with E-state index in [1.165, 1.54) is 58.2 Å². The van der Waals surface area contributed by atoms with Crippen LogP contribution in [0, 0.1) is 11.3 Å². The normalized spacial score (nSPS) is 32.2. The molecule has 2 nitrogen and oxygen atoms in total. The highest BCUT2D eigenvalue weighted by molar-refractivity contribution is 4.89. The van der Waals surface area contributed by atoms with Crippen LogP contribution in [0.1, 0.15) is 66.2 Å². The van der Waals surface area contributed by atoms with E-state index in [-0.39, 0.29) is 0 Å². The van der Waals surface area contributed by atoms with Crippen molar-refractivity contribution in [3.05, 3.63) is 0 Å². The molecule has 112 valence electrons. The Morgan fingerprint density at radius 1 is 1.21 bits per heavy atom. The van der Waals surface area contributed by atoms with E-state index in [2.05, 4.69) is 37.9 Å². The first-order chi connectivity index (χ1) is 9.04. The van der Waals surface area contributed by atoms with Gasteiger partial charge in [-0.15, -0.1) is 0 Å². The zero-order valence-corrected chi connectivity index (χ0v) is 13.5. The van der Waals surface area contributed by atoms with E-state index in [0.29, 0.717) is 5.41 Å². The number of piperidine rings is 1. The minimum Gasteiger partial charge on any atom is -0.313 e. The summed E-state index contributed by atoms with van der Waals surface area (Å²) in [4.78, 5) is 2.76. The quantitative estimate of drug-likeness (QED) is 0.756. The van der Waals surface area contributed by atoms with E-state index >= 15 is 0 Å². The van der Waals surface area contributed by atoms with E-state index in [1.807, 2.05) is 0 Å². The molecular weight excluding hydrogens is 232 g/mol. The zero-order chi connectivity index (χ0) is 13.9. The average molecular weight is 266 g/mol. The van der Waals surface area contributed by atoms with E-state index in [0.717, 1.165) is 18.0 Å². The van der Waals surface area contributed by atoms with Crippen molar-refractivity contribution < 1.29 is 0 Å². The third-order valence-electron chi connectivity index (χ3n) is 5.34. The summed E-state index contributed by atoms with van der Waals surface area (Å²) >= 11 is 0. The Hall–Kier alpha value is -0.0800. The predicted octanol–water partition coefficient (Wildman–Crippen LogP) is 3.67. The Labute approximate surface area is 120 Å². The van der Waals surface area contributed by atoms with Gasteiger partial charge in [0.2, 0.25) is 0 Å². The molecule has 0 spiro atoms. The number of likely N-dealkylation sites (tertiary alicyclic amines) is 1. The maximum Gasteiger partial charge on any atom is 0.00928 e. The second-order valence-corrected chi connectivity index (χ2v) is 7.55. The van der Waals surface area contributed by atoms with E-state index in [4.69, 9.17) is 0 Å². The van der Waals surface area contributed by atoms with Gasteiger partial charge in [0, 0.05) is 25.2 Å². The second-order valence-electron chi connectivity index (χ2n) is 7.55. The molecule has 1 N–H and O–H groups in total. The van der Waals surface area contributed by atoms with Gasteiger partial charge in [0.1, 0.15) is 0 Å². The highest BCUT2D eigenvalue weighted by Gasteiger charge is 2.33. The number of nitrogens with one attached hydrogen (secondary N) is 1. The molecule has 2 rings (SSSR count). The lowest BCUT2D eigenvalue weighted by atomic mass is 9.82. The smallest absolute Gasteiger partial charge is 0.00928 e. The minimum absolute atomic E-state index is 0.461. The summed E-state index contributed by atoms with van der Waals surface area (Å²) < 4.78 is 0. The molecule has 3 unspecified atom stereocenters. The average Bonchev–Trinajstić information content (AvgIpc) is 3.17. The molecule has 0 amide bonds. The van der Waals surface area contributed by atoms with Crippen LogP contribution in [0.5, 0.6) is 0 Å². The first kappa shape index (κ1) is 15.3. The molecule has 0 aromatic carbocycles. The third-order valence-corrected chi connectivity index (χ3v) is 5.34. The SMILES string of the molecule is CCCC(C)(CNC1CC1)CN1CCCC(C)C1C. The minimum atomic E-state index is 0.461. The summed E-state index contributed by atoms with van der Waals surface area (Å²) in [6.45, 7) is 13.5. The molecule has 1 heterocycles. The van der Waals surface area contributed by atoms with Gasteiger partial charge in [0.15, 0.2) is 0 Å². The van der Waals surface area contributed by atoms with Crippen LogP contribution < -0.4 is 5.32 Å². The Kier molecular flexibility index (Phi) is 5.30. The van der Waals surface area contributed by atoms with Gasteiger partial charge in [-0.25, -0.2) is 0 Å². The van der Waals surface area contributed by atoms with E-state index in [1.54, 1.807) is 0 Å². The van der Waals surface area contributed by atoms with Gasteiger partial charge in [-0.3, -0.25) is 4.90 Å². The van der Waals surface area contributed by atoms with Crippen molar-refractivity contribution in [2.24, 2.45) is 11.3 Å². The molecule has 2 heteroatoms. The molecule has 1 aliphatic carbocycles. The molecule has 0 aromatic heterocycles. The number of hydrogen-bond acceptors (Lipinski definition) is 2. The predicted molar refractivity (Wildman–Crippen MR) is 83.5 cm³/mol. The van der Waals surface area contributed by atoms with Crippen LogP contribution in [0.2, 0.25) is 0 Å². The fourth-order valence-electron chi connectivity index (χ4n) is 3.64. The van der Waals surface area contributed by atoms with Crippen molar-refractivity contribution in [1.82, 2.24) is 10.2 Å². The van der Waals surface area contributed by atoms with Gasteiger partial charge < -0.3 is 5.32 Å². The lowest BCUT2D eigenvalue weighted by Crippen LogP contribution is -2.50. The summed E-state index contributed by atoms with van der Waals surface area (Å²) in [5.74, 6) is 0.871. The van der Waals surface area contributed by atoms with E-state index in [9.17, 15) is 0 Å². The summed E-state index contributed by atoms with van der Waals surface area (Å²) in [6, 6.07) is 1.61. The molecule has 1 saturated heterocycles. The maximum atomic E-state index is 3.77. The molecule has 2 aliphatic rings. The van der Waals surface area contributed by atoms with Gasteiger partial charge in [0.25, 0.3) is 0 Å². The van der Waals surface area contributed by atoms with Crippen LogP contribution >= 0.6 is 0 Å². The van der Waals surface area contributed by atoms with Gasteiger partial charge in [-0.05, 0) is 56.9 Å². The molecule has 19 heavy (non-hydrogen) atoms. The van der Waals surface area contributed by atoms with E-state index < -0.39 is 0 Å². The maximum absolute atomic E-state index is 3.77. The molecule has 1 saturated carbocycles. The first-order valence-electron chi connectivity index (χ1n) is 8.51. The Bertz CT molecular complexity index is 274. The summed E-state index contributed by atoms with van der Waals surface area (Å²) in [6.07, 6.45) is 8.27. The fraction of sp³-hybridized carbons (Fsp3) is 1.00.